The topological polar surface area (TPSA) is 87.8 Å². The number of nitrogens with one attached hydrogen (secondary N) is 1. The van der Waals surface area contributed by atoms with E-state index in [1.165, 1.54) is 0 Å². The second kappa shape index (κ2) is 9.30. The number of ether oxygens (including phenoxy) is 1. The Morgan fingerprint density at radius 1 is 1.06 bits per heavy atom. The first-order chi connectivity index (χ1) is 16.6. The van der Waals surface area contributed by atoms with E-state index in [1.54, 1.807) is 18.2 Å². The Bertz CT molecular complexity index is 1150. The summed E-state index contributed by atoms with van der Waals surface area (Å²) in [6.07, 6.45) is 2.63. The number of methoxy groups -OCH3 is 1. The molecule has 2 fully saturated rings. The van der Waals surface area contributed by atoms with E-state index in [-0.39, 0.29) is 17.4 Å². The fourth-order valence-corrected chi connectivity index (χ4v) is 4.82. The maximum absolute atomic E-state index is 13.1. The molecular formula is C26H28N4O4. The van der Waals surface area contributed by atoms with Gasteiger partial charge >= 0.3 is 0 Å². The molecule has 8 nitrogen and oxygen atoms in total. The number of piperidine rings is 1. The van der Waals surface area contributed by atoms with Gasteiger partial charge in [-0.3, -0.25) is 19.5 Å². The van der Waals surface area contributed by atoms with Crippen LogP contribution in [-0.2, 0) is 16.2 Å². The minimum atomic E-state index is -0.342. The van der Waals surface area contributed by atoms with Gasteiger partial charge in [0.1, 0.15) is 18.1 Å². The Morgan fingerprint density at radius 2 is 1.79 bits per heavy atom. The number of carbonyl (C=O) groups is 2. The second-order valence-corrected chi connectivity index (χ2v) is 8.86. The molecule has 176 valence electrons. The lowest BCUT2D eigenvalue weighted by Gasteiger charge is -2.43. The molecule has 34 heavy (non-hydrogen) atoms. The quantitative estimate of drug-likeness (QED) is 0.604. The van der Waals surface area contributed by atoms with Crippen molar-refractivity contribution in [1.82, 2.24) is 20.2 Å². The third kappa shape index (κ3) is 4.28. The number of amides is 2. The molecule has 1 aromatic heterocycles. The first-order valence-electron chi connectivity index (χ1n) is 11.6. The van der Waals surface area contributed by atoms with E-state index in [4.69, 9.17) is 9.57 Å². The van der Waals surface area contributed by atoms with Gasteiger partial charge in [-0.2, -0.15) is 5.10 Å². The van der Waals surface area contributed by atoms with Gasteiger partial charge in [-0.1, -0.05) is 30.3 Å². The van der Waals surface area contributed by atoms with Crippen molar-refractivity contribution in [3.8, 4) is 17.0 Å². The Balaban J connectivity index is 1.22. The van der Waals surface area contributed by atoms with Crippen molar-refractivity contribution in [2.75, 3.05) is 20.2 Å². The van der Waals surface area contributed by atoms with Crippen molar-refractivity contribution in [2.24, 2.45) is 0 Å². The molecule has 2 aliphatic rings. The molecule has 2 aromatic carbocycles. The molecule has 8 heteroatoms. The molecule has 0 bridgehead atoms. The summed E-state index contributed by atoms with van der Waals surface area (Å²) in [5.74, 6) is 0.710. The number of hydroxylamine groups is 2. The van der Waals surface area contributed by atoms with Crippen molar-refractivity contribution in [2.45, 2.75) is 37.8 Å². The number of rotatable bonds is 6. The fourth-order valence-electron chi connectivity index (χ4n) is 4.82. The number of aromatic amines is 1. The lowest BCUT2D eigenvalue weighted by molar-refractivity contribution is -0.221. The first kappa shape index (κ1) is 22.2. The van der Waals surface area contributed by atoms with Crippen molar-refractivity contribution < 1.29 is 19.2 Å². The van der Waals surface area contributed by atoms with E-state index in [0.29, 0.717) is 50.3 Å². The average molecular weight is 461 g/mol. The third-order valence-electron chi connectivity index (χ3n) is 6.84. The molecule has 0 saturated carbocycles. The highest BCUT2D eigenvalue weighted by Crippen LogP contribution is 2.40. The van der Waals surface area contributed by atoms with Crippen LogP contribution in [0, 0.1) is 0 Å². The summed E-state index contributed by atoms with van der Waals surface area (Å²) in [7, 11) is 1.62. The lowest BCUT2D eigenvalue weighted by atomic mass is 9.86. The second-order valence-electron chi connectivity index (χ2n) is 8.86. The summed E-state index contributed by atoms with van der Waals surface area (Å²) < 4.78 is 5.20. The van der Waals surface area contributed by atoms with Gasteiger partial charge in [0.25, 0.3) is 5.91 Å². The highest BCUT2D eigenvalue weighted by molar-refractivity contribution is 5.93. The highest BCUT2D eigenvalue weighted by atomic mass is 16.7. The van der Waals surface area contributed by atoms with Gasteiger partial charge < -0.3 is 9.64 Å². The van der Waals surface area contributed by atoms with Crippen LogP contribution in [0.25, 0.3) is 11.3 Å². The number of likely N-dealkylation sites (tertiary alicyclic amines) is 1. The van der Waals surface area contributed by atoms with Gasteiger partial charge in [0.05, 0.1) is 18.3 Å². The van der Waals surface area contributed by atoms with Crippen LogP contribution in [0.5, 0.6) is 5.75 Å². The number of carbonyl (C=O) groups excluding carboxylic acids is 2. The summed E-state index contributed by atoms with van der Waals surface area (Å²) in [5.41, 5.74) is 2.76. The van der Waals surface area contributed by atoms with E-state index >= 15 is 0 Å². The predicted molar refractivity (Wildman–Crippen MR) is 126 cm³/mol. The molecule has 2 amide bonds. The monoisotopic (exact) mass is 460 g/mol. The van der Waals surface area contributed by atoms with Gasteiger partial charge in [-0.05, 0) is 55.2 Å². The van der Waals surface area contributed by atoms with Gasteiger partial charge in [0.2, 0.25) is 5.91 Å². The molecule has 0 atom stereocenters. The van der Waals surface area contributed by atoms with Crippen LogP contribution in [-0.4, -0.2) is 57.7 Å². The van der Waals surface area contributed by atoms with Crippen LogP contribution in [0.4, 0.5) is 0 Å². The number of benzene rings is 2. The maximum atomic E-state index is 13.1. The number of H-pyrrole nitrogens is 1. The van der Waals surface area contributed by atoms with Crippen molar-refractivity contribution in [1.29, 1.82) is 0 Å². The fraction of sp³-hybridized carbons (Fsp3) is 0.346. The van der Waals surface area contributed by atoms with Gasteiger partial charge in [-0.25, -0.2) is 5.06 Å². The minimum absolute atomic E-state index is 0.0217. The SMILES string of the molecule is COc1ccc(-c2cc(C(=O)N3CCC4(CCC(=O)N4OCc4ccccc4)CC3)[nH]n2)cc1. The zero-order valence-electron chi connectivity index (χ0n) is 19.2. The summed E-state index contributed by atoms with van der Waals surface area (Å²) in [5, 5.41) is 8.80. The van der Waals surface area contributed by atoms with Crippen LogP contribution in [0.1, 0.15) is 41.7 Å². The summed E-state index contributed by atoms with van der Waals surface area (Å²) in [6, 6.07) is 19.2. The van der Waals surface area contributed by atoms with Crippen LogP contribution in [0.3, 0.4) is 0 Å². The van der Waals surface area contributed by atoms with Crippen molar-refractivity contribution in [3.63, 3.8) is 0 Å². The summed E-state index contributed by atoms with van der Waals surface area (Å²) in [4.78, 5) is 33.5. The molecule has 2 saturated heterocycles. The van der Waals surface area contributed by atoms with Crippen LogP contribution < -0.4 is 4.74 Å². The van der Waals surface area contributed by atoms with E-state index in [9.17, 15) is 9.59 Å². The van der Waals surface area contributed by atoms with Gasteiger partial charge in [-0.15, -0.1) is 0 Å². The van der Waals surface area contributed by atoms with E-state index in [1.807, 2.05) is 59.5 Å². The smallest absolute Gasteiger partial charge is 0.271 e. The van der Waals surface area contributed by atoms with E-state index < -0.39 is 0 Å². The standard InChI is InChI=1S/C26H28N4O4/c1-33-21-9-7-20(8-10-21)22-17-23(28-27-22)25(32)29-15-13-26(14-16-29)12-11-24(31)30(26)34-18-19-5-3-2-4-6-19/h2-10,17H,11-16,18H2,1H3,(H,27,28). The van der Waals surface area contributed by atoms with Crippen molar-refractivity contribution >= 4 is 11.8 Å². The molecule has 1 N–H and O–H groups in total. The van der Waals surface area contributed by atoms with Crippen LogP contribution in [0.15, 0.2) is 60.7 Å². The average Bonchev–Trinajstić information content (AvgIpc) is 3.49. The largest absolute Gasteiger partial charge is 0.497 e. The van der Waals surface area contributed by atoms with E-state index in [2.05, 4.69) is 10.2 Å². The third-order valence-corrected chi connectivity index (χ3v) is 6.84. The highest BCUT2D eigenvalue weighted by Gasteiger charge is 2.49. The van der Waals surface area contributed by atoms with Crippen molar-refractivity contribution in [3.05, 3.63) is 71.9 Å². The number of aromatic nitrogens is 2. The molecular weight excluding hydrogens is 432 g/mol. The number of nitrogens with zero attached hydrogens (tertiary/aromatic N) is 3. The minimum Gasteiger partial charge on any atom is -0.497 e. The molecule has 2 aliphatic heterocycles. The maximum Gasteiger partial charge on any atom is 0.271 e. The normalized spacial score (nSPS) is 17.4. The van der Waals surface area contributed by atoms with Crippen LogP contribution in [0.2, 0.25) is 0 Å². The first-order valence-corrected chi connectivity index (χ1v) is 11.6. The van der Waals surface area contributed by atoms with Gasteiger partial charge in [0, 0.05) is 25.1 Å². The molecule has 0 unspecified atom stereocenters. The predicted octanol–water partition coefficient (Wildman–Crippen LogP) is 3.81. The molecule has 0 aliphatic carbocycles. The zero-order valence-corrected chi connectivity index (χ0v) is 19.2. The Hall–Kier alpha value is -3.65. The van der Waals surface area contributed by atoms with Crippen LogP contribution >= 0.6 is 0 Å². The van der Waals surface area contributed by atoms with Gasteiger partial charge in [0.15, 0.2) is 0 Å². The summed E-state index contributed by atoms with van der Waals surface area (Å²) >= 11 is 0. The number of hydrogen-bond acceptors (Lipinski definition) is 5. The van der Waals surface area contributed by atoms with E-state index in [0.717, 1.165) is 23.3 Å². The zero-order chi connectivity index (χ0) is 23.5. The molecule has 1 spiro atoms. The summed E-state index contributed by atoms with van der Waals surface area (Å²) in [6.45, 7) is 1.49. The molecule has 0 radical (unpaired) electrons. The molecule has 3 aromatic rings. The number of hydrogen-bond donors (Lipinski definition) is 1. The Labute approximate surface area is 198 Å². The molecule has 5 rings (SSSR count). The Morgan fingerprint density at radius 3 is 2.50 bits per heavy atom. The lowest BCUT2D eigenvalue weighted by Crippen LogP contribution is -2.54. The Kier molecular flexibility index (Phi) is 6.06. The molecule has 3 heterocycles.